The molecule has 94 valence electrons. The largest absolute Gasteiger partial charge is 0.338 e. The molecule has 1 aliphatic rings. The summed E-state index contributed by atoms with van der Waals surface area (Å²) < 4.78 is 0. The lowest BCUT2D eigenvalue weighted by atomic mass is 10.0. The van der Waals surface area contributed by atoms with E-state index in [-0.39, 0.29) is 12.1 Å². The molecule has 0 aromatic rings. The molecular formula is C12H25N3O. The van der Waals surface area contributed by atoms with Crippen LogP contribution in [-0.4, -0.2) is 42.6 Å². The van der Waals surface area contributed by atoms with Gasteiger partial charge in [-0.05, 0) is 40.2 Å². The number of carbonyl (C=O) groups excluding carboxylic acids is 1. The van der Waals surface area contributed by atoms with Gasteiger partial charge >= 0.3 is 6.03 Å². The summed E-state index contributed by atoms with van der Waals surface area (Å²) in [4.78, 5) is 13.8. The van der Waals surface area contributed by atoms with Gasteiger partial charge in [-0.3, -0.25) is 0 Å². The minimum atomic E-state index is 0.0601. The summed E-state index contributed by atoms with van der Waals surface area (Å²) in [7, 11) is 0. The van der Waals surface area contributed by atoms with Crippen LogP contribution in [0, 0.1) is 0 Å². The zero-order chi connectivity index (χ0) is 12.0. The zero-order valence-electron chi connectivity index (χ0n) is 10.8. The molecule has 0 saturated carbocycles. The molecule has 1 unspecified atom stereocenters. The molecule has 1 heterocycles. The lowest BCUT2D eigenvalue weighted by Crippen LogP contribution is -2.51. The summed E-state index contributed by atoms with van der Waals surface area (Å²) in [6.45, 7) is 8.70. The van der Waals surface area contributed by atoms with Crippen LogP contribution in [0.2, 0.25) is 0 Å². The van der Waals surface area contributed by atoms with Crippen molar-refractivity contribution in [3.63, 3.8) is 0 Å². The van der Waals surface area contributed by atoms with Crippen LogP contribution in [0.15, 0.2) is 0 Å². The summed E-state index contributed by atoms with van der Waals surface area (Å²) in [5, 5.41) is 6.36. The van der Waals surface area contributed by atoms with Crippen LogP contribution in [0.5, 0.6) is 0 Å². The van der Waals surface area contributed by atoms with E-state index in [1.54, 1.807) is 0 Å². The average molecular weight is 227 g/mol. The normalized spacial score (nSPS) is 20.9. The number of piperidine rings is 1. The summed E-state index contributed by atoms with van der Waals surface area (Å²) in [6.07, 6.45) is 3.72. The Morgan fingerprint density at radius 2 is 2.25 bits per heavy atom. The molecule has 4 nitrogen and oxygen atoms in total. The molecule has 1 rings (SSSR count). The fourth-order valence-electron chi connectivity index (χ4n) is 2.10. The molecule has 16 heavy (non-hydrogen) atoms. The van der Waals surface area contributed by atoms with Crippen molar-refractivity contribution in [3.8, 4) is 0 Å². The molecule has 0 radical (unpaired) electrons. The number of nitrogens with one attached hydrogen (secondary N) is 2. The third kappa shape index (κ3) is 4.00. The Hall–Kier alpha value is -0.770. The van der Waals surface area contributed by atoms with E-state index in [1.165, 1.54) is 19.3 Å². The van der Waals surface area contributed by atoms with Crippen molar-refractivity contribution in [2.45, 2.75) is 52.1 Å². The molecule has 0 bridgehead atoms. The number of rotatable bonds is 4. The Kier molecular flexibility index (Phi) is 5.60. The van der Waals surface area contributed by atoms with Gasteiger partial charge in [0.05, 0.1) is 0 Å². The van der Waals surface area contributed by atoms with Crippen molar-refractivity contribution in [2.24, 2.45) is 0 Å². The molecule has 4 heteroatoms. The van der Waals surface area contributed by atoms with Crippen molar-refractivity contribution >= 4 is 6.03 Å². The maximum absolute atomic E-state index is 11.8. The lowest BCUT2D eigenvalue weighted by molar-refractivity contribution is 0.170. The summed E-state index contributed by atoms with van der Waals surface area (Å²) in [5.41, 5.74) is 0. The third-order valence-electron chi connectivity index (χ3n) is 3.04. The highest BCUT2D eigenvalue weighted by molar-refractivity contribution is 5.74. The van der Waals surface area contributed by atoms with Crippen LogP contribution in [0.3, 0.4) is 0 Å². The molecule has 1 saturated heterocycles. The van der Waals surface area contributed by atoms with E-state index in [9.17, 15) is 4.79 Å². The van der Waals surface area contributed by atoms with Crippen LogP contribution < -0.4 is 10.6 Å². The van der Waals surface area contributed by atoms with Crippen molar-refractivity contribution in [1.82, 2.24) is 15.5 Å². The Balaban J connectivity index is 2.46. The quantitative estimate of drug-likeness (QED) is 0.765. The number of amides is 2. The summed E-state index contributed by atoms with van der Waals surface area (Å²) in [6, 6.07) is 0.791. The van der Waals surface area contributed by atoms with Crippen molar-refractivity contribution in [3.05, 3.63) is 0 Å². The SMILES string of the molecule is CCNC(=O)N(CC1CCCCN1)C(C)C. The van der Waals surface area contributed by atoms with E-state index >= 15 is 0 Å². The topological polar surface area (TPSA) is 44.4 Å². The van der Waals surface area contributed by atoms with Gasteiger partial charge < -0.3 is 15.5 Å². The van der Waals surface area contributed by atoms with Crippen molar-refractivity contribution in [2.75, 3.05) is 19.6 Å². The first kappa shape index (κ1) is 13.3. The fraction of sp³-hybridized carbons (Fsp3) is 0.917. The van der Waals surface area contributed by atoms with Crippen LogP contribution in [0.4, 0.5) is 4.79 Å². The Bertz CT molecular complexity index is 212. The van der Waals surface area contributed by atoms with E-state index in [0.717, 1.165) is 13.1 Å². The number of nitrogens with zero attached hydrogens (tertiary/aromatic N) is 1. The van der Waals surface area contributed by atoms with E-state index in [2.05, 4.69) is 24.5 Å². The molecule has 0 aliphatic carbocycles. The summed E-state index contributed by atoms with van der Waals surface area (Å²) >= 11 is 0. The van der Waals surface area contributed by atoms with Gasteiger partial charge in [0, 0.05) is 25.2 Å². The number of urea groups is 1. The third-order valence-corrected chi connectivity index (χ3v) is 3.04. The fourth-order valence-corrected chi connectivity index (χ4v) is 2.10. The smallest absolute Gasteiger partial charge is 0.317 e. The van der Waals surface area contributed by atoms with Crippen LogP contribution in [0.25, 0.3) is 0 Å². The van der Waals surface area contributed by atoms with E-state index < -0.39 is 0 Å². The molecule has 1 aliphatic heterocycles. The first-order valence-electron chi connectivity index (χ1n) is 6.43. The first-order chi connectivity index (χ1) is 7.65. The van der Waals surface area contributed by atoms with Gasteiger partial charge in [-0.15, -0.1) is 0 Å². The first-order valence-corrected chi connectivity index (χ1v) is 6.43. The van der Waals surface area contributed by atoms with Crippen LogP contribution in [-0.2, 0) is 0 Å². The highest BCUT2D eigenvalue weighted by Gasteiger charge is 2.21. The molecule has 2 N–H and O–H groups in total. The lowest BCUT2D eigenvalue weighted by Gasteiger charge is -2.33. The Morgan fingerprint density at radius 3 is 2.75 bits per heavy atom. The molecule has 1 atom stereocenters. The number of hydrogen-bond donors (Lipinski definition) is 2. The van der Waals surface area contributed by atoms with Gasteiger partial charge in [-0.2, -0.15) is 0 Å². The summed E-state index contributed by atoms with van der Waals surface area (Å²) in [5.74, 6) is 0. The second-order valence-electron chi connectivity index (χ2n) is 4.73. The average Bonchev–Trinajstić information content (AvgIpc) is 2.27. The second kappa shape index (κ2) is 6.74. The molecule has 0 aromatic carbocycles. The molecule has 0 spiro atoms. The predicted octanol–water partition coefficient (Wildman–Crippen LogP) is 1.57. The van der Waals surface area contributed by atoms with Crippen molar-refractivity contribution in [1.29, 1.82) is 0 Å². The predicted molar refractivity (Wildman–Crippen MR) is 66.6 cm³/mol. The van der Waals surface area contributed by atoms with Crippen LogP contribution in [0.1, 0.15) is 40.0 Å². The second-order valence-corrected chi connectivity index (χ2v) is 4.73. The molecule has 1 fully saturated rings. The van der Waals surface area contributed by atoms with Gasteiger partial charge in [0.15, 0.2) is 0 Å². The van der Waals surface area contributed by atoms with Gasteiger partial charge in [0.1, 0.15) is 0 Å². The van der Waals surface area contributed by atoms with E-state index in [4.69, 9.17) is 0 Å². The Morgan fingerprint density at radius 1 is 1.50 bits per heavy atom. The van der Waals surface area contributed by atoms with E-state index in [1.807, 2.05) is 11.8 Å². The molecule has 0 aromatic heterocycles. The highest BCUT2D eigenvalue weighted by atomic mass is 16.2. The number of hydrogen-bond acceptors (Lipinski definition) is 2. The van der Waals surface area contributed by atoms with Gasteiger partial charge in [-0.25, -0.2) is 4.79 Å². The van der Waals surface area contributed by atoms with Gasteiger partial charge in [0.2, 0.25) is 0 Å². The molecule has 2 amide bonds. The van der Waals surface area contributed by atoms with Gasteiger partial charge in [-0.1, -0.05) is 6.42 Å². The minimum Gasteiger partial charge on any atom is -0.338 e. The zero-order valence-corrected chi connectivity index (χ0v) is 10.8. The standard InChI is InChI=1S/C12H25N3O/c1-4-13-12(16)15(10(2)3)9-11-7-5-6-8-14-11/h10-11,14H,4-9H2,1-3H3,(H,13,16). The monoisotopic (exact) mass is 227 g/mol. The van der Waals surface area contributed by atoms with Gasteiger partial charge in [0.25, 0.3) is 0 Å². The minimum absolute atomic E-state index is 0.0601. The van der Waals surface area contributed by atoms with Crippen LogP contribution >= 0.6 is 0 Å². The van der Waals surface area contributed by atoms with E-state index in [0.29, 0.717) is 12.6 Å². The highest BCUT2D eigenvalue weighted by Crippen LogP contribution is 2.10. The maximum atomic E-state index is 11.8. The molecular weight excluding hydrogens is 202 g/mol. The Labute approximate surface area is 98.8 Å². The maximum Gasteiger partial charge on any atom is 0.317 e. The number of carbonyl (C=O) groups is 1. The van der Waals surface area contributed by atoms with Crippen molar-refractivity contribution < 1.29 is 4.79 Å².